The number of halogens is 1. The molecule has 2 N–H and O–H groups in total. The quantitative estimate of drug-likeness (QED) is 0.762. The molecule has 4 rings (SSSR count). The molecule has 2 heterocycles. The van der Waals surface area contributed by atoms with E-state index < -0.39 is 0 Å². The Morgan fingerprint density at radius 3 is 2.83 bits per heavy atom. The van der Waals surface area contributed by atoms with Crippen LogP contribution in [0.25, 0.3) is 11.0 Å². The average molecular weight is 344 g/mol. The average Bonchev–Trinajstić information content (AvgIpc) is 3.09. The number of morpholine rings is 1. The first-order valence-electron chi connectivity index (χ1n) is 7.96. The fourth-order valence-electron chi connectivity index (χ4n) is 2.96. The molecule has 0 amide bonds. The van der Waals surface area contributed by atoms with Gasteiger partial charge in [-0.3, -0.25) is 0 Å². The molecule has 0 radical (unpaired) electrons. The zero-order valence-corrected chi connectivity index (χ0v) is 13.9. The largest absolute Gasteiger partial charge is 0.381 e. The van der Waals surface area contributed by atoms with E-state index in [1.54, 1.807) is 0 Å². The van der Waals surface area contributed by atoms with Crippen LogP contribution >= 0.6 is 11.6 Å². The number of aromatic amines is 1. The van der Waals surface area contributed by atoms with Gasteiger partial charge >= 0.3 is 0 Å². The molecule has 0 spiro atoms. The highest BCUT2D eigenvalue weighted by atomic mass is 35.5. The van der Waals surface area contributed by atoms with E-state index in [0.717, 1.165) is 53.6 Å². The Balaban J connectivity index is 1.56. The summed E-state index contributed by atoms with van der Waals surface area (Å²) in [5, 5.41) is 15.0. The molecule has 3 aromatic rings. The molecule has 0 atom stereocenters. The minimum atomic E-state index is 0.649. The predicted molar refractivity (Wildman–Crippen MR) is 95.7 cm³/mol. The summed E-state index contributed by atoms with van der Waals surface area (Å²) >= 11 is 6.47. The second kappa shape index (κ2) is 6.67. The Bertz CT molecular complexity index is 844. The first kappa shape index (κ1) is 15.2. The molecule has 6 nitrogen and oxygen atoms in total. The van der Waals surface area contributed by atoms with Crippen molar-refractivity contribution in [2.75, 3.05) is 36.5 Å². The molecule has 124 valence electrons. The van der Waals surface area contributed by atoms with Crippen molar-refractivity contribution in [3.63, 3.8) is 0 Å². The minimum absolute atomic E-state index is 0.649. The van der Waals surface area contributed by atoms with Gasteiger partial charge in [-0.2, -0.15) is 15.4 Å². The van der Waals surface area contributed by atoms with Crippen LogP contribution in [0.15, 0.2) is 36.4 Å². The van der Waals surface area contributed by atoms with Crippen LogP contribution in [-0.4, -0.2) is 41.7 Å². The van der Waals surface area contributed by atoms with Crippen LogP contribution in [0.4, 0.5) is 11.4 Å². The van der Waals surface area contributed by atoms with Crippen LogP contribution in [0.5, 0.6) is 0 Å². The van der Waals surface area contributed by atoms with Crippen molar-refractivity contribution in [1.29, 1.82) is 0 Å². The third-order valence-corrected chi connectivity index (χ3v) is 4.59. The fourth-order valence-corrected chi connectivity index (χ4v) is 3.20. The van der Waals surface area contributed by atoms with Crippen molar-refractivity contribution < 1.29 is 4.74 Å². The van der Waals surface area contributed by atoms with Crippen LogP contribution in [0.3, 0.4) is 0 Å². The second-order valence-corrected chi connectivity index (χ2v) is 6.12. The van der Waals surface area contributed by atoms with Gasteiger partial charge in [0, 0.05) is 41.6 Å². The number of H-pyrrole nitrogens is 1. The molecule has 0 unspecified atom stereocenters. The van der Waals surface area contributed by atoms with Crippen LogP contribution < -0.4 is 10.2 Å². The molecule has 0 saturated carbocycles. The van der Waals surface area contributed by atoms with Crippen molar-refractivity contribution in [3.8, 4) is 0 Å². The molecule has 0 bridgehead atoms. The summed E-state index contributed by atoms with van der Waals surface area (Å²) in [5.41, 5.74) is 4.95. The fraction of sp³-hybridized carbons (Fsp3) is 0.294. The summed E-state index contributed by atoms with van der Waals surface area (Å²) in [5.74, 6) is 0. The number of nitrogens with zero attached hydrogens (tertiary/aromatic N) is 3. The summed E-state index contributed by atoms with van der Waals surface area (Å²) in [6, 6.07) is 12.0. The van der Waals surface area contributed by atoms with Gasteiger partial charge in [-0.05, 0) is 30.3 Å². The summed E-state index contributed by atoms with van der Waals surface area (Å²) in [4.78, 5) is 2.33. The number of anilines is 2. The van der Waals surface area contributed by atoms with Gasteiger partial charge in [-0.25, -0.2) is 0 Å². The number of hydrogen-bond donors (Lipinski definition) is 2. The topological polar surface area (TPSA) is 66.1 Å². The highest BCUT2D eigenvalue weighted by Gasteiger charge is 2.16. The molecular weight excluding hydrogens is 326 g/mol. The van der Waals surface area contributed by atoms with Crippen LogP contribution in [-0.2, 0) is 11.3 Å². The highest BCUT2D eigenvalue weighted by Crippen LogP contribution is 2.29. The van der Waals surface area contributed by atoms with Crippen molar-refractivity contribution in [3.05, 3.63) is 47.0 Å². The van der Waals surface area contributed by atoms with Crippen LogP contribution in [0, 0.1) is 0 Å². The lowest BCUT2D eigenvalue weighted by atomic mass is 10.1. The number of ether oxygens (including phenoxy) is 1. The Morgan fingerprint density at radius 2 is 1.96 bits per heavy atom. The summed E-state index contributed by atoms with van der Waals surface area (Å²) in [7, 11) is 0. The number of aromatic nitrogens is 3. The molecule has 2 aromatic carbocycles. The number of nitrogens with one attached hydrogen (secondary N) is 2. The van der Waals surface area contributed by atoms with Gasteiger partial charge in [-0.15, -0.1) is 0 Å². The zero-order valence-electron chi connectivity index (χ0n) is 13.1. The maximum absolute atomic E-state index is 6.47. The minimum Gasteiger partial charge on any atom is -0.381 e. The van der Waals surface area contributed by atoms with Crippen LogP contribution in [0.2, 0.25) is 5.02 Å². The molecule has 1 aliphatic rings. The van der Waals surface area contributed by atoms with E-state index in [0.29, 0.717) is 6.54 Å². The van der Waals surface area contributed by atoms with Crippen molar-refractivity contribution in [2.24, 2.45) is 0 Å². The zero-order chi connectivity index (χ0) is 16.4. The van der Waals surface area contributed by atoms with E-state index >= 15 is 0 Å². The third-order valence-electron chi connectivity index (χ3n) is 4.23. The number of benzene rings is 2. The van der Waals surface area contributed by atoms with Gasteiger partial charge in [0.05, 0.1) is 13.2 Å². The maximum atomic E-state index is 6.47. The summed E-state index contributed by atoms with van der Waals surface area (Å²) in [6.07, 6.45) is 0. The molecule has 1 saturated heterocycles. The van der Waals surface area contributed by atoms with E-state index in [4.69, 9.17) is 16.3 Å². The number of fused-ring (bicyclic) bond motifs is 1. The van der Waals surface area contributed by atoms with Gasteiger partial charge in [0.2, 0.25) is 0 Å². The molecular formula is C17H18ClN5O. The summed E-state index contributed by atoms with van der Waals surface area (Å²) in [6.45, 7) is 3.93. The molecule has 1 fully saturated rings. The van der Waals surface area contributed by atoms with Crippen molar-refractivity contribution >= 4 is 34.0 Å². The normalized spacial score (nSPS) is 15.0. The van der Waals surface area contributed by atoms with E-state index in [2.05, 4.69) is 31.7 Å². The van der Waals surface area contributed by atoms with Gasteiger partial charge in [0.15, 0.2) is 0 Å². The Labute approximate surface area is 144 Å². The molecule has 0 aliphatic carbocycles. The van der Waals surface area contributed by atoms with Gasteiger partial charge in [0.1, 0.15) is 11.0 Å². The maximum Gasteiger partial charge on any atom is 0.115 e. The van der Waals surface area contributed by atoms with E-state index in [1.165, 1.54) is 5.69 Å². The smallest absolute Gasteiger partial charge is 0.115 e. The number of hydrogen-bond acceptors (Lipinski definition) is 5. The highest BCUT2D eigenvalue weighted by molar-refractivity contribution is 6.31. The first-order chi connectivity index (χ1) is 11.8. The molecule has 1 aliphatic heterocycles. The van der Waals surface area contributed by atoms with E-state index in [-0.39, 0.29) is 0 Å². The van der Waals surface area contributed by atoms with Crippen LogP contribution in [0.1, 0.15) is 5.56 Å². The molecule has 24 heavy (non-hydrogen) atoms. The van der Waals surface area contributed by atoms with Crippen molar-refractivity contribution in [1.82, 2.24) is 15.4 Å². The molecule has 7 heteroatoms. The molecule has 1 aromatic heterocycles. The predicted octanol–water partition coefficient (Wildman–Crippen LogP) is 3.06. The SMILES string of the molecule is Clc1cccc(N2CCOCC2)c1CNc1ccc2n[nH]nc2c1. The Morgan fingerprint density at radius 1 is 1.12 bits per heavy atom. The van der Waals surface area contributed by atoms with Gasteiger partial charge in [0.25, 0.3) is 0 Å². The second-order valence-electron chi connectivity index (χ2n) is 5.72. The monoisotopic (exact) mass is 343 g/mol. The van der Waals surface area contributed by atoms with Gasteiger partial charge < -0.3 is 15.0 Å². The first-order valence-corrected chi connectivity index (χ1v) is 8.33. The lowest BCUT2D eigenvalue weighted by Crippen LogP contribution is -2.37. The Kier molecular flexibility index (Phi) is 4.23. The van der Waals surface area contributed by atoms with E-state index in [1.807, 2.05) is 30.3 Å². The number of rotatable bonds is 4. The van der Waals surface area contributed by atoms with E-state index in [9.17, 15) is 0 Å². The lowest BCUT2D eigenvalue weighted by Gasteiger charge is -2.31. The van der Waals surface area contributed by atoms with Gasteiger partial charge in [-0.1, -0.05) is 17.7 Å². The summed E-state index contributed by atoms with van der Waals surface area (Å²) < 4.78 is 5.45. The standard InChI is InChI=1S/C17H18ClN5O/c18-14-2-1-3-17(23-6-8-24-9-7-23)13(14)11-19-12-4-5-15-16(10-12)21-22-20-15/h1-5,10,19H,6-9,11H2,(H,20,21,22). The third kappa shape index (κ3) is 3.02. The van der Waals surface area contributed by atoms with Crippen molar-refractivity contribution in [2.45, 2.75) is 6.54 Å². The Hall–Kier alpha value is -2.31. The lowest BCUT2D eigenvalue weighted by molar-refractivity contribution is 0.122.